The lowest BCUT2D eigenvalue weighted by atomic mass is 10.1. The van der Waals surface area contributed by atoms with Gasteiger partial charge in [0.25, 0.3) is 0 Å². The normalized spacial score (nSPS) is 12.8. The number of carbonyl (C=O) groups is 2. The number of hydrogen-bond donors (Lipinski definition) is 1. The number of rotatable bonds is 18. The van der Waals surface area contributed by atoms with Gasteiger partial charge in [0.2, 0.25) is 0 Å². The number of carbonyl (C=O) groups excluding carboxylic acids is 2. The molecule has 0 aliphatic heterocycles. The molecule has 0 spiro atoms. The SMILES string of the molecule is CC/C=C\C/C=C\C/C=C\CCCCCC(=O)OC(CO)COC(=O)CCCC. The van der Waals surface area contributed by atoms with Crippen LogP contribution in [0.2, 0.25) is 0 Å². The van der Waals surface area contributed by atoms with E-state index in [2.05, 4.69) is 43.4 Å². The molecule has 0 aliphatic rings. The maximum Gasteiger partial charge on any atom is 0.306 e. The first-order valence-electron chi connectivity index (χ1n) is 11.0. The lowest BCUT2D eigenvalue weighted by Crippen LogP contribution is -2.28. The lowest BCUT2D eigenvalue weighted by molar-refractivity contribution is -0.161. The Morgan fingerprint density at radius 2 is 1.48 bits per heavy atom. The third kappa shape index (κ3) is 19.2. The molecule has 0 saturated carbocycles. The van der Waals surface area contributed by atoms with Gasteiger partial charge in [-0.25, -0.2) is 0 Å². The number of unbranched alkanes of at least 4 members (excludes halogenated alkanes) is 4. The molecule has 0 bridgehead atoms. The van der Waals surface area contributed by atoms with Gasteiger partial charge in [0.05, 0.1) is 6.61 Å². The summed E-state index contributed by atoms with van der Waals surface area (Å²) in [5.74, 6) is -0.676. The maximum absolute atomic E-state index is 11.8. The molecule has 0 aromatic rings. The fraction of sp³-hybridized carbons (Fsp3) is 0.667. The van der Waals surface area contributed by atoms with Crippen LogP contribution in [0.4, 0.5) is 0 Å². The summed E-state index contributed by atoms with van der Waals surface area (Å²) >= 11 is 0. The Morgan fingerprint density at radius 1 is 0.828 bits per heavy atom. The van der Waals surface area contributed by atoms with Gasteiger partial charge in [0, 0.05) is 12.8 Å². The van der Waals surface area contributed by atoms with Crippen molar-refractivity contribution in [3.8, 4) is 0 Å². The Labute approximate surface area is 176 Å². The van der Waals surface area contributed by atoms with Gasteiger partial charge in [-0.1, -0.05) is 63.1 Å². The largest absolute Gasteiger partial charge is 0.462 e. The molecule has 166 valence electrons. The second-order valence-corrected chi connectivity index (χ2v) is 6.97. The number of hydrogen-bond acceptors (Lipinski definition) is 5. The molecule has 0 aromatic carbocycles. The molecule has 5 nitrogen and oxygen atoms in total. The van der Waals surface area contributed by atoms with Gasteiger partial charge in [-0.3, -0.25) is 9.59 Å². The fourth-order valence-corrected chi connectivity index (χ4v) is 2.48. The molecule has 0 saturated heterocycles. The average Bonchev–Trinajstić information content (AvgIpc) is 2.72. The average molecular weight is 409 g/mol. The Hall–Kier alpha value is -1.88. The molecule has 0 radical (unpaired) electrons. The first-order chi connectivity index (χ1) is 14.1. The van der Waals surface area contributed by atoms with Crippen molar-refractivity contribution in [2.75, 3.05) is 13.2 Å². The Kier molecular flexibility index (Phi) is 19.5. The highest BCUT2D eigenvalue weighted by Crippen LogP contribution is 2.07. The van der Waals surface area contributed by atoms with E-state index in [0.29, 0.717) is 12.8 Å². The second-order valence-electron chi connectivity index (χ2n) is 6.97. The highest BCUT2D eigenvalue weighted by atomic mass is 16.6. The minimum Gasteiger partial charge on any atom is -0.462 e. The summed E-state index contributed by atoms with van der Waals surface area (Å²) in [5.41, 5.74) is 0. The number of esters is 2. The fourth-order valence-electron chi connectivity index (χ4n) is 2.48. The predicted molar refractivity (Wildman–Crippen MR) is 117 cm³/mol. The van der Waals surface area contributed by atoms with Crippen LogP contribution in [0.3, 0.4) is 0 Å². The summed E-state index contributed by atoms with van der Waals surface area (Å²) in [7, 11) is 0. The van der Waals surface area contributed by atoms with E-state index in [0.717, 1.165) is 57.8 Å². The van der Waals surface area contributed by atoms with Gasteiger partial charge in [-0.15, -0.1) is 0 Å². The van der Waals surface area contributed by atoms with E-state index < -0.39 is 6.10 Å². The van der Waals surface area contributed by atoms with Crippen LogP contribution in [0, 0.1) is 0 Å². The van der Waals surface area contributed by atoms with Crippen molar-refractivity contribution in [1.82, 2.24) is 0 Å². The molecule has 29 heavy (non-hydrogen) atoms. The highest BCUT2D eigenvalue weighted by Gasteiger charge is 2.15. The zero-order chi connectivity index (χ0) is 21.6. The van der Waals surface area contributed by atoms with Gasteiger partial charge in [-0.05, 0) is 44.9 Å². The summed E-state index contributed by atoms with van der Waals surface area (Å²) in [4.78, 5) is 23.3. The van der Waals surface area contributed by atoms with Crippen LogP contribution < -0.4 is 0 Å². The van der Waals surface area contributed by atoms with Crippen LogP contribution in [-0.4, -0.2) is 36.4 Å². The minimum absolute atomic E-state index is 0.0844. The van der Waals surface area contributed by atoms with Gasteiger partial charge >= 0.3 is 11.9 Å². The standard InChI is InChI=1S/C24H40O5/c1-3-5-7-8-9-10-11-12-13-14-15-16-17-19-24(27)29-22(20-25)21-28-23(26)18-6-4-2/h5,7,9-10,12-13,22,25H,3-4,6,8,11,14-21H2,1-2H3/b7-5-,10-9-,13-12-. The van der Waals surface area contributed by atoms with E-state index >= 15 is 0 Å². The van der Waals surface area contributed by atoms with Crippen LogP contribution >= 0.6 is 0 Å². The summed E-state index contributed by atoms with van der Waals surface area (Å²) in [6, 6.07) is 0. The van der Waals surface area contributed by atoms with Crippen LogP contribution in [-0.2, 0) is 19.1 Å². The van der Waals surface area contributed by atoms with E-state index in [-0.39, 0.29) is 25.2 Å². The van der Waals surface area contributed by atoms with E-state index in [1.807, 2.05) is 6.92 Å². The summed E-state index contributed by atoms with van der Waals surface area (Å²) in [6.07, 6.45) is 21.4. The summed E-state index contributed by atoms with van der Waals surface area (Å²) in [6.45, 7) is 3.69. The van der Waals surface area contributed by atoms with Crippen LogP contribution in [0.5, 0.6) is 0 Å². The molecule has 0 aromatic heterocycles. The molecular formula is C24H40O5. The lowest BCUT2D eigenvalue weighted by Gasteiger charge is -2.15. The predicted octanol–water partition coefficient (Wildman–Crippen LogP) is 5.43. The van der Waals surface area contributed by atoms with Crippen LogP contribution in [0.25, 0.3) is 0 Å². The number of aliphatic hydroxyl groups excluding tert-OH is 1. The zero-order valence-corrected chi connectivity index (χ0v) is 18.3. The monoisotopic (exact) mass is 408 g/mol. The minimum atomic E-state index is -0.776. The zero-order valence-electron chi connectivity index (χ0n) is 18.3. The van der Waals surface area contributed by atoms with Gasteiger partial charge < -0.3 is 14.6 Å². The van der Waals surface area contributed by atoms with Crippen LogP contribution in [0.15, 0.2) is 36.5 Å². The van der Waals surface area contributed by atoms with Crippen molar-refractivity contribution in [2.45, 2.75) is 90.6 Å². The summed E-state index contributed by atoms with van der Waals surface area (Å²) in [5, 5.41) is 9.26. The number of aliphatic hydroxyl groups is 1. The molecule has 0 fully saturated rings. The summed E-state index contributed by atoms with van der Waals surface area (Å²) < 4.78 is 10.2. The molecule has 1 N–H and O–H groups in total. The molecule has 0 aliphatic carbocycles. The molecule has 5 heteroatoms. The van der Waals surface area contributed by atoms with E-state index in [4.69, 9.17) is 9.47 Å². The van der Waals surface area contributed by atoms with E-state index in [1.165, 1.54) is 0 Å². The smallest absolute Gasteiger partial charge is 0.306 e. The Balaban J connectivity index is 3.70. The van der Waals surface area contributed by atoms with Crippen molar-refractivity contribution in [2.24, 2.45) is 0 Å². The second kappa shape index (κ2) is 20.8. The van der Waals surface area contributed by atoms with Crippen molar-refractivity contribution in [3.63, 3.8) is 0 Å². The molecule has 0 amide bonds. The quantitative estimate of drug-likeness (QED) is 0.186. The van der Waals surface area contributed by atoms with Crippen molar-refractivity contribution < 1.29 is 24.2 Å². The van der Waals surface area contributed by atoms with E-state index in [1.54, 1.807) is 0 Å². The third-order valence-corrected chi connectivity index (χ3v) is 4.20. The van der Waals surface area contributed by atoms with Crippen molar-refractivity contribution in [1.29, 1.82) is 0 Å². The topological polar surface area (TPSA) is 72.8 Å². The third-order valence-electron chi connectivity index (χ3n) is 4.20. The Morgan fingerprint density at radius 3 is 2.14 bits per heavy atom. The van der Waals surface area contributed by atoms with Gasteiger partial charge in [0.15, 0.2) is 6.10 Å². The van der Waals surface area contributed by atoms with Crippen LogP contribution in [0.1, 0.15) is 84.5 Å². The highest BCUT2D eigenvalue weighted by molar-refractivity contribution is 5.70. The first kappa shape index (κ1) is 27.1. The Bertz CT molecular complexity index is 493. The van der Waals surface area contributed by atoms with Crippen molar-refractivity contribution >= 4 is 11.9 Å². The molecule has 0 heterocycles. The molecule has 1 unspecified atom stereocenters. The van der Waals surface area contributed by atoms with E-state index in [9.17, 15) is 14.7 Å². The molecule has 0 rings (SSSR count). The van der Waals surface area contributed by atoms with Gasteiger partial charge in [-0.2, -0.15) is 0 Å². The van der Waals surface area contributed by atoms with Crippen molar-refractivity contribution in [3.05, 3.63) is 36.5 Å². The number of ether oxygens (including phenoxy) is 2. The first-order valence-corrected chi connectivity index (χ1v) is 11.0. The number of allylic oxidation sites excluding steroid dienone is 6. The molecular weight excluding hydrogens is 368 g/mol. The van der Waals surface area contributed by atoms with Gasteiger partial charge in [0.1, 0.15) is 6.61 Å². The maximum atomic E-state index is 11.8. The molecule has 1 atom stereocenters.